The molecule has 2 bridgehead atoms. The van der Waals surface area contributed by atoms with E-state index < -0.39 is 28.3 Å². The maximum absolute atomic E-state index is 13.6. The molecule has 8 nitrogen and oxygen atoms in total. The molecule has 0 aromatic heterocycles. The van der Waals surface area contributed by atoms with E-state index in [0.29, 0.717) is 56.1 Å². The van der Waals surface area contributed by atoms with Gasteiger partial charge in [-0.1, -0.05) is 18.5 Å². The monoisotopic (exact) mass is 498 g/mol. The number of hydrogen-bond donors (Lipinski definition) is 0. The van der Waals surface area contributed by atoms with Gasteiger partial charge in [0, 0.05) is 24.2 Å². The minimum absolute atomic E-state index is 0.106. The van der Waals surface area contributed by atoms with Crippen molar-refractivity contribution in [1.29, 1.82) is 0 Å². The number of sulfonamides is 1. The largest absolute Gasteiger partial charge is 0.469 e. The predicted octanol–water partition coefficient (Wildman–Crippen LogP) is 3.68. The molecule has 4 atom stereocenters. The van der Waals surface area contributed by atoms with Gasteiger partial charge in [-0.25, -0.2) is 13.2 Å². The molecular formula is C23H31ClN2O6S. The maximum atomic E-state index is 13.6. The zero-order chi connectivity index (χ0) is 23.8. The lowest BCUT2D eigenvalue weighted by atomic mass is 9.79. The van der Waals surface area contributed by atoms with Gasteiger partial charge in [-0.05, 0) is 68.7 Å². The summed E-state index contributed by atoms with van der Waals surface area (Å²) in [7, 11) is -2.39. The fraction of sp³-hybridized carbons (Fsp3) is 0.652. The van der Waals surface area contributed by atoms with Crippen LogP contribution < -0.4 is 0 Å². The number of fused-ring (bicyclic) bond motifs is 2. The van der Waals surface area contributed by atoms with Crippen molar-refractivity contribution in [1.82, 2.24) is 9.21 Å². The van der Waals surface area contributed by atoms with Gasteiger partial charge in [0.2, 0.25) is 10.0 Å². The summed E-state index contributed by atoms with van der Waals surface area (Å²) in [6.45, 7) is 2.96. The number of carbonyl (C=O) groups is 2. The lowest BCUT2D eigenvalue weighted by Crippen LogP contribution is -2.60. The Hall–Kier alpha value is -1.84. The topological polar surface area (TPSA) is 93.2 Å². The van der Waals surface area contributed by atoms with Crippen molar-refractivity contribution in [2.75, 3.05) is 20.2 Å². The smallest absolute Gasteiger partial charge is 0.410 e. The van der Waals surface area contributed by atoms with Crippen LogP contribution in [0.25, 0.3) is 0 Å². The second-order valence-corrected chi connectivity index (χ2v) is 11.7. The van der Waals surface area contributed by atoms with Crippen LogP contribution in [0.2, 0.25) is 5.02 Å². The van der Waals surface area contributed by atoms with Crippen LogP contribution in [0.5, 0.6) is 0 Å². The molecule has 0 aliphatic carbocycles. The highest BCUT2D eigenvalue weighted by atomic mass is 35.5. The summed E-state index contributed by atoms with van der Waals surface area (Å²) in [5, 5.41) is 0.476. The van der Waals surface area contributed by atoms with Crippen LogP contribution in [-0.2, 0) is 24.3 Å². The molecule has 1 aromatic carbocycles. The lowest BCUT2D eigenvalue weighted by Gasteiger charge is -2.50. The minimum Gasteiger partial charge on any atom is -0.469 e. The molecule has 0 N–H and O–H groups in total. The Morgan fingerprint density at radius 2 is 1.70 bits per heavy atom. The number of hydrogen-bond acceptors (Lipinski definition) is 6. The van der Waals surface area contributed by atoms with Gasteiger partial charge in [0.15, 0.2) is 0 Å². The number of esters is 1. The van der Waals surface area contributed by atoms with Crippen LogP contribution in [0, 0.1) is 11.8 Å². The number of carbonyl (C=O) groups excluding carboxylic acids is 2. The molecule has 3 heterocycles. The minimum atomic E-state index is -3.76. The van der Waals surface area contributed by atoms with Gasteiger partial charge >= 0.3 is 12.1 Å². The second-order valence-electron chi connectivity index (χ2n) is 9.37. The second kappa shape index (κ2) is 9.80. The van der Waals surface area contributed by atoms with Crippen LogP contribution in [-0.4, -0.2) is 68.1 Å². The summed E-state index contributed by atoms with van der Waals surface area (Å²) in [5.41, 5.74) is 0. The first-order chi connectivity index (χ1) is 15.7. The first-order valence-electron chi connectivity index (χ1n) is 11.5. The van der Waals surface area contributed by atoms with Crippen LogP contribution in [0.4, 0.5) is 4.79 Å². The number of ether oxygens (including phenoxy) is 2. The van der Waals surface area contributed by atoms with E-state index in [1.165, 1.54) is 19.2 Å². The molecule has 2 unspecified atom stereocenters. The van der Waals surface area contributed by atoms with Crippen molar-refractivity contribution < 1.29 is 27.5 Å². The Balaban J connectivity index is 1.49. The van der Waals surface area contributed by atoms with Crippen molar-refractivity contribution in [2.24, 2.45) is 11.8 Å². The van der Waals surface area contributed by atoms with Crippen molar-refractivity contribution in [3.8, 4) is 0 Å². The Bertz CT molecular complexity index is 977. The zero-order valence-electron chi connectivity index (χ0n) is 19.0. The number of amides is 1. The molecule has 0 radical (unpaired) electrons. The Morgan fingerprint density at radius 3 is 2.33 bits per heavy atom. The van der Waals surface area contributed by atoms with Gasteiger partial charge in [-0.2, -0.15) is 4.31 Å². The normalized spacial score (nSPS) is 28.9. The number of nitrogens with zero attached hydrogens (tertiary/aromatic N) is 2. The molecule has 0 saturated carbocycles. The van der Waals surface area contributed by atoms with Gasteiger partial charge in [0.25, 0.3) is 0 Å². The van der Waals surface area contributed by atoms with E-state index in [-0.39, 0.29) is 22.8 Å². The highest BCUT2D eigenvalue weighted by molar-refractivity contribution is 7.89. The number of halogens is 1. The molecule has 3 fully saturated rings. The van der Waals surface area contributed by atoms with Gasteiger partial charge in [-0.3, -0.25) is 4.79 Å². The number of likely N-dealkylation sites (tertiary alicyclic amines) is 1. The summed E-state index contributed by atoms with van der Waals surface area (Å²) in [6, 6.07) is 5.70. The summed E-state index contributed by atoms with van der Waals surface area (Å²) in [5.74, 6) is -0.108. The summed E-state index contributed by atoms with van der Waals surface area (Å²) in [4.78, 5) is 26.5. The first-order valence-corrected chi connectivity index (χ1v) is 13.3. The molecule has 10 heteroatoms. The van der Waals surface area contributed by atoms with Gasteiger partial charge in [-0.15, -0.1) is 0 Å². The third kappa shape index (κ3) is 5.00. The Kier molecular flexibility index (Phi) is 7.21. The number of piperidine rings is 3. The first kappa shape index (κ1) is 24.3. The number of rotatable bonds is 4. The van der Waals surface area contributed by atoms with Gasteiger partial charge in [0.1, 0.15) is 6.10 Å². The van der Waals surface area contributed by atoms with Crippen molar-refractivity contribution in [3.05, 3.63) is 29.3 Å². The number of benzene rings is 1. The summed E-state index contributed by atoms with van der Waals surface area (Å²) in [6.07, 6.45) is 2.85. The molecule has 182 valence electrons. The number of methoxy groups -OCH3 is 1. The van der Waals surface area contributed by atoms with Crippen molar-refractivity contribution >= 4 is 33.7 Å². The zero-order valence-corrected chi connectivity index (χ0v) is 20.6. The Morgan fingerprint density at radius 1 is 1.03 bits per heavy atom. The Labute approximate surface area is 200 Å². The van der Waals surface area contributed by atoms with Gasteiger partial charge in [0.05, 0.1) is 24.0 Å². The summed E-state index contributed by atoms with van der Waals surface area (Å²) >= 11 is 5.96. The third-order valence-corrected chi connectivity index (χ3v) is 9.39. The highest BCUT2D eigenvalue weighted by Gasteiger charge is 2.49. The van der Waals surface area contributed by atoms with Crippen molar-refractivity contribution in [3.63, 3.8) is 0 Å². The van der Waals surface area contributed by atoms with E-state index in [0.717, 1.165) is 6.42 Å². The molecule has 3 aliphatic rings. The van der Waals surface area contributed by atoms with E-state index in [9.17, 15) is 18.0 Å². The van der Waals surface area contributed by atoms with E-state index in [4.69, 9.17) is 21.1 Å². The molecule has 3 saturated heterocycles. The summed E-state index contributed by atoms with van der Waals surface area (Å²) < 4.78 is 39.4. The third-order valence-electron chi connectivity index (χ3n) is 7.15. The lowest BCUT2D eigenvalue weighted by molar-refractivity contribution is -0.147. The standard InChI is InChI=1S/C23H31ClN2O6S/c1-15-13-18-5-8-21(32-23(28)25-11-9-16(10-12-25)22(27)31-2)20(14-15)26(18)33(29,30)19-6-3-17(24)4-7-19/h3-4,6-7,15-16,18,20-21H,5,8-14H2,1-2H3/t15-,18?,20?,21+/m1/s1. The van der Waals surface area contributed by atoms with E-state index in [1.54, 1.807) is 21.3 Å². The molecule has 4 rings (SSSR count). The average Bonchev–Trinajstić information content (AvgIpc) is 2.80. The molecule has 33 heavy (non-hydrogen) atoms. The van der Waals surface area contributed by atoms with E-state index in [1.807, 2.05) is 0 Å². The van der Waals surface area contributed by atoms with Crippen molar-refractivity contribution in [2.45, 2.75) is 68.5 Å². The fourth-order valence-corrected chi connectivity index (χ4v) is 7.48. The predicted molar refractivity (Wildman–Crippen MR) is 122 cm³/mol. The quantitative estimate of drug-likeness (QED) is 0.588. The van der Waals surface area contributed by atoms with Crippen LogP contribution >= 0.6 is 11.6 Å². The fourth-order valence-electron chi connectivity index (χ4n) is 5.47. The molecule has 3 aliphatic heterocycles. The highest BCUT2D eigenvalue weighted by Crippen LogP contribution is 2.41. The van der Waals surface area contributed by atoms with Crippen LogP contribution in [0.3, 0.4) is 0 Å². The SMILES string of the molecule is COC(=O)C1CCN(C(=O)O[C@H]2CCC3C[C@@H](C)CC2N3S(=O)(=O)c2ccc(Cl)cc2)CC1. The van der Waals surface area contributed by atoms with Gasteiger partial charge < -0.3 is 14.4 Å². The molecule has 0 spiro atoms. The van der Waals surface area contributed by atoms with E-state index >= 15 is 0 Å². The molecule has 1 amide bonds. The average molecular weight is 499 g/mol. The molecule has 1 aromatic rings. The van der Waals surface area contributed by atoms with E-state index in [2.05, 4.69) is 6.92 Å². The maximum Gasteiger partial charge on any atom is 0.410 e. The van der Waals surface area contributed by atoms with Crippen LogP contribution in [0.15, 0.2) is 29.2 Å². The van der Waals surface area contributed by atoms with Crippen LogP contribution in [0.1, 0.15) is 45.4 Å². The molecular weight excluding hydrogens is 468 g/mol.